The number of nitrogens with zero attached hydrogens (tertiary/aromatic N) is 2. The van der Waals surface area contributed by atoms with Crippen molar-refractivity contribution in [1.29, 1.82) is 0 Å². The molecule has 0 N–H and O–H groups in total. The van der Waals surface area contributed by atoms with Crippen LogP contribution in [0.4, 0.5) is 0 Å². The fraction of sp³-hybridized carbons (Fsp3) is 1.00. The Morgan fingerprint density at radius 1 is 1.27 bits per heavy atom. The first kappa shape index (κ1) is 11.4. The molecule has 0 amide bonds. The van der Waals surface area contributed by atoms with Gasteiger partial charge in [0.2, 0.25) is 0 Å². The minimum Gasteiger partial charge on any atom is -0.310 e. The molecule has 2 heterocycles. The molecule has 0 saturated carbocycles. The molecule has 15 heavy (non-hydrogen) atoms. The summed E-state index contributed by atoms with van der Waals surface area (Å²) < 4.78 is 1.42. The molecule has 1 atom stereocenters. The zero-order valence-corrected chi connectivity index (χ0v) is 10.7. The fourth-order valence-electron chi connectivity index (χ4n) is 3.58. The molecule has 2 heteroatoms. The summed E-state index contributed by atoms with van der Waals surface area (Å²) >= 11 is 0. The van der Waals surface area contributed by atoms with Crippen LogP contribution in [0.2, 0.25) is 0 Å². The third kappa shape index (κ3) is 2.21. The first-order valence-corrected chi connectivity index (χ1v) is 6.78. The predicted molar refractivity (Wildman–Crippen MR) is 64.6 cm³/mol. The van der Waals surface area contributed by atoms with Gasteiger partial charge in [0.25, 0.3) is 0 Å². The smallest absolute Gasteiger partial charge is 0.135 e. The molecule has 1 unspecified atom stereocenters. The Morgan fingerprint density at radius 3 is 2.47 bits per heavy atom. The van der Waals surface area contributed by atoms with Crippen LogP contribution < -0.4 is 0 Å². The van der Waals surface area contributed by atoms with Gasteiger partial charge in [0.05, 0.1) is 25.7 Å². The van der Waals surface area contributed by atoms with Crippen molar-refractivity contribution in [2.75, 3.05) is 26.3 Å². The summed E-state index contributed by atoms with van der Waals surface area (Å²) in [5.74, 6) is 0. The van der Waals surface area contributed by atoms with Gasteiger partial charge in [-0.15, -0.1) is 0 Å². The molecule has 2 rings (SSSR count). The highest BCUT2D eigenvalue weighted by molar-refractivity contribution is 4.79. The zero-order valence-electron chi connectivity index (χ0n) is 10.7. The first-order valence-electron chi connectivity index (χ1n) is 6.78. The Balaban J connectivity index is 2.04. The third-order valence-electron chi connectivity index (χ3n) is 4.33. The lowest BCUT2D eigenvalue weighted by atomic mass is 10.1. The lowest BCUT2D eigenvalue weighted by Gasteiger charge is -2.29. The topological polar surface area (TPSA) is 3.24 Å². The van der Waals surface area contributed by atoms with Gasteiger partial charge in [-0.25, -0.2) is 4.90 Å². The number of hydrogen-bond acceptors (Lipinski definition) is 1. The molecule has 0 aliphatic carbocycles. The van der Waals surface area contributed by atoms with Crippen molar-refractivity contribution in [2.45, 2.75) is 58.5 Å². The average molecular weight is 211 g/mol. The second kappa shape index (κ2) is 4.42. The number of quaternary nitrogens is 1. The predicted octanol–water partition coefficient (Wildman–Crippen LogP) is 2.45. The molecule has 2 aliphatic rings. The summed E-state index contributed by atoms with van der Waals surface area (Å²) in [5.41, 5.74) is 0. The monoisotopic (exact) mass is 211 g/mol. The van der Waals surface area contributed by atoms with Crippen LogP contribution in [0.15, 0.2) is 0 Å². The van der Waals surface area contributed by atoms with E-state index in [4.69, 9.17) is 0 Å². The Labute approximate surface area is 94.8 Å². The summed E-state index contributed by atoms with van der Waals surface area (Å²) in [6.07, 6.45) is 5.67. The van der Waals surface area contributed by atoms with Gasteiger partial charge in [-0.3, -0.25) is 0 Å². The van der Waals surface area contributed by atoms with E-state index < -0.39 is 0 Å². The molecule has 0 aromatic rings. The van der Waals surface area contributed by atoms with Crippen LogP contribution in [0, 0.1) is 0 Å². The Morgan fingerprint density at radius 2 is 1.93 bits per heavy atom. The standard InChI is InChI=1S/C13H27N2/c1-4-7-13-10-15(8-5-6-9-15)11-14(13)12(2)3/h12-13H,4-11H2,1-3H3/q+1. The van der Waals surface area contributed by atoms with E-state index in [9.17, 15) is 0 Å². The van der Waals surface area contributed by atoms with E-state index in [1.165, 1.54) is 56.5 Å². The molecule has 1 spiro atoms. The molecule has 0 radical (unpaired) electrons. The summed E-state index contributed by atoms with van der Waals surface area (Å²) in [6, 6.07) is 1.60. The maximum atomic E-state index is 2.76. The lowest BCUT2D eigenvalue weighted by molar-refractivity contribution is -0.910. The van der Waals surface area contributed by atoms with Crippen LogP contribution in [-0.4, -0.2) is 47.8 Å². The van der Waals surface area contributed by atoms with Crippen LogP contribution in [0.25, 0.3) is 0 Å². The van der Waals surface area contributed by atoms with Gasteiger partial charge in [0.15, 0.2) is 0 Å². The normalized spacial score (nSPS) is 30.8. The van der Waals surface area contributed by atoms with Crippen LogP contribution in [0.5, 0.6) is 0 Å². The van der Waals surface area contributed by atoms with Gasteiger partial charge >= 0.3 is 0 Å². The van der Waals surface area contributed by atoms with Gasteiger partial charge in [-0.05, 0) is 20.3 Å². The Kier molecular flexibility index (Phi) is 3.36. The van der Waals surface area contributed by atoms with E-state index in [-0.39, 0.29) is 0 Å². The number of rotatable bonds is 3. The second-order valence-electron chi connectivity index (χ2n) is 5.87. The quantitative estimate of drug-likeness (QED) is 0.648. The van der Waals surface area contributed by atoms with Gasteiger partial charge in [0, 0.05) is 18.9 Å². The second-order valence-corrected chi connectivity index (χ2v) is 5.87. The van der Waals surface area contributed by atoms with Crippen molar-refractivity contribution in [3.63, 3.8) is 0 Å². The largest absolute Gasteiger partial charge is 0.310 e. The van der Waals surface area contributed by atoms with Crippen LogP contribution in [0.1, 0.15) is 46.5 Å². The Hall–Kier alpha value is -0.0800. The maximum Gasteiger partial charge on any atom is 0.135 e. The van der Waals surface area contributed by atoms with Crippen molar-refractivity contribution in [2.24, 2.45) is 0 Å². The molecule has 2 fully saturated rings. The van der Waals surface area contributed by atoms with Crippen molar-refractivity contribution in [1.82, 2.24) is 4.90 Å². The molecule has 88 valence electrons. The van der Waals surface area contributed by atoms with Crippen LogP contribution in [0.3, 0.4) is 0 Å². The third-order valence-corrected chi connectivity index (χ3v) is 4.33. The summed E-state index contributed by atoms with van der Waals surface area (Å²) in [7, 11) is 0. The molecular weight excluding hydrogens is 184 g/mol. The van der Waals surface area contributed by atoms with Crippen LogP contribution in [-0.2, 0) is 0 Å². The van der Waals surface area contributed by atoms with Crippen LogP contribution >= 0.6 is 0 Å². The molecule has 2 saturated heterocycles. The highest BCUT2D eigenvalue weighted by Crippen LogP contribution is 2.31. The van der Waals surface area contributed by atoms with Gasteiger partial charge in [-0.2, -0.15) is 0 Å². The summed E-state index contributed by atoms with van der Waals surface area (Å²) in [6.45, 7) is 12.7. The first-order chi connectivity index (χ1) is 7.17. The number of hydrogen-bond donors (Lipinski definition) is 0. The Bertz CT molecular complexity index is 207. The molecule has 2 aliphatic heterocycles. The SMILES string of the molecule is CCCC1C[N+]2(CCCC2)CN1C(C)C. The molecular formula is C13H27N2+. The van der Waals surface area contributed by atoms with E-state index in [2.05, 4.69) is 25.7 Å². The fourth-order valence-corrected chi connectivity index (χ4v) is 3.58. The highest BCUT2D eigenvalue weighted by Gasteiger charge is 2.45. The molecule has 0 aromatic heterocycles. The summed E-state index contributed by atoms with van der Waals surface area (Å²) in [4.78, 5) is 2.76. The van der Waals surface area contributed by atoms with Gasteiger partial charge in [0.1, 0.15) is 6.67 Å². The van der Waals surface area contributed by atoms with E-state index in [1.54, 1.807) is 0 Å². The van der Waals surface area contributed by atoms with Crippen molar-refractivity contribution in [3.05, 3.63) is 0 Å². The van der Waals surface area contributed by atoms with E-state index in [0.717, 1.165) is 12.1 Å². The minimum atomic E-state index is 0.736. The average Bonchev–Trinajstić information content (AvgIpc) is 2.76. The van der Waals surface area contributed by atoms with E-state index in [1.807, 2.05) is 0 Å². The van der Waals surface area contributed by atoms with Gasteiger partial charge < -0.3 is 4.48 Å². The lowest BCUT2D eigenvalue weighted by Crippen LogP contribution is -2.45. The molecule has 2 nitrogen and oxygen atoms in total. The highest BCUT2D eigenvalue weighted by atomic mass is 15.5. The molecule has 0 bridgehead atoms. The zero-order chi connectivity index (χ0) is 10.9. The van der Waals surface area contributed by atoms with Crippen molar-refractivity contribution < 1.29 is 4.48 Å². The van der Waals surface area contributed by atoms with Crippen molar-refractivity contribution in [3.8, 4) is 0 Å². The van der Waals surface area contributed by atoms with E-state index >= 15 is 0 Å². The van der Waals surface area contributed by atoms with E-state index in [0.29, 0.717) is 0 Å². The molecule has 0 aromatic carbocycles. The van der Waals surface area contributed by atoms with Gasteiger partial charge in [-0.1, -0.05) is 13.3 Å². The summed E-state index contributed by atoms with van der Waals surface area (Å²) in [5, 5.41) is 0. The maximum absolute atomic E-state index is 2.76. The minimum absolute atomic E-state index is 0.736. The van der Waals surface area contributed by atoms with Crippen molar-refractivity contribution >= 4 is 0 Å².